The number of anilines is 2. The largest absolute Gasteiger partial charge is 0.481 e. The highest BCUT2D eigenvalue weighted by Crippen LogP contribution is 2.42. The Hall–Kier alpha value is -3.37. The monoisotopic (exact) mass is 468 g/mol. The van der Waals surface area contributed by atoms with Crippen LogP contribution in [0.1, 0.15) is 41.8 Å². The van der Waals surface area contributed by atoms with Crippen molar-refractivity contribution in [1.29, 1.82) is 0 Å². The third-order valence-corrected chi connectivity index (χ3v) is 6.94. The van der Waals surface area contributed by atoms with Crippen molar-refractivity contribution in [1.82, 2.24) is 15.0 Å². The Morgan fingerprint density at radius 3 is 2.61 bits per heavy atom. The summed E-state index contributed by atoms with van der Waals surface area (Å²) < 4.78 is 0. The van der Waals surface area contributed by atoms with Crippen molar-refractivity contribution in [3.63, 3.8) is 0 Å². The van der Waals surface area contributed by atoms with E-state index in [4.69, 9.17) is 5.11 Å². The van der Waals surface area contributed by atoms with Crippen LogP contribution in [0.15, 0.2) is 36.7 Å². The molecular formula is C23H24N4O5S. The van der Waals surface area contributed by atoms with Gasteiger partial charge < -0.3 is 20.6 Å². The molecule has 0 bridgehead atoms. The van der Waals surface area contributed by atoms with Gasteiger partial charge in [-0.25, -0.2) is 15.0 Å². The molecule has 172 valence electrons. The number of aryl methyl sites for hydroxylation is 1. The fraction of sp³-hybridized carbons (Fsp3) is 0.348. The predicted octanol–water partition coefficient (Wildman–Crippen LogP) is 3.74. The van der Waals surface area contributed by atoms with Crippen LogP contribution in [-0.2, 0) is 21.6 Å². The van der Waals surface area contributed by atoms with Gasteiger partial charge in [-0.05, 0) is 68.0 Å². The minimum atomic E-state index is -1.12. The molecule has 1 saturated carbocycles. The Labute approximate surface area is 194 Å². The maximum absolute atomic E-state index is 11.2. The first-order valence-electron chi connectivity index (χ1n) is 10.6. The number of rotatable bonds is 7. The third-order valence-electron chi connectivity index (χ3n) is 5.72. The van der Waals surface area contributed by atoms with Crippen molar-refractivity contribution in [3.05, 3.63) is 52.8 Å². The molecule has 0 radical (unpaired) electrons. The first-order chi connectivity index (χ1) is 15.7. The Bertz CT molecular complexity index is 1190. The normalized spacial score (nSPS) is 20.4. The predicted molar refractivity (Wildman–Crippen MR) is 122 cm³/mol. The standard InChI is InChI=1S/C23H24N4O5S/c1-13-8-16(26-19(9-13)27-18-10-14(4-7-24-18)11-20(28)29)17-12-25-22(33-17)23(32)5-2-15(3-6-23)21(30)31/h4,7-10,12,15,32H,2-3,5-6,11H2,1H3,(H,28,29)(H,30,31)(H,24,26,27)/t15-,23+. The number of nitrogens with one attached hydrogen (secondary N) is 1. The SMILES string of the molecule is Cc1cc(Nc2cc(CC(=O)O)ccn2)nc(-c2cnc([C@]3(O)CC[C@@H](C(=O)O)CC3)s2)c1. The van der Waals surface area contributed by atoms with Gasteiger partial charge in [0.25, 0.3) is 0 Å². The molecule has 4 rings (SSSR count). The number of hydrogen-bond donors (Lipinski definition) is 4. The van der Waals surface area contributed by atoms with Gasteiger partial charge in [0.15, 0.2) is 0 Å². The summed E-state index contributed by atoms with van der Waals surface area (Å²) in [5, 5.41) is 33.0. The number of aliphatic hydroxyl groups is 1. The second kappa shape index (κ2) is 9.24. The molecule has 0 aliphatic heterocycles. The summed E-state index contributed by atoms with van der Waals surface area (Å²) in [6.07, 6.45) is 4.71. The molecule has 3 aromatic heterocycles. The van der Waals surface area contributed by atoms with E-state index in [-0.39, 0.29) is 6.42 Å². The number of thiazole rings is 1. The van der Waals surface area contributed by atoms with Crippen molar-refractivity contribution in [2.75, 3.05) is 5.32 Å². The van der Waals surface area contributed by atoms with Crippen molar-refractivity contribution in [3.8, 4) is 10.6 Å². The van der Waals surface area contributed by atoms with Crippen molar-refractivity contribution < 1.29 is 24.9 Å². The number of aromatic nitrogens is 3. The second-order valence-electron chi connectivity index (χ2n) is 8.33. The van der Waals surface area contributed by atoms with E-state index in [9.17, 15) is 19.8 Å². The summed E-state index contributed by atoms with van der Waals surface area (Å²) >= 11 is 1.35. The van der Waals surface area contributed by atoms with E-state index in [1.54, 1.807) is 24.5 Å². The Morgan fingerprint density at radius 1 is 1.15 bits per heavy atom. The van der Waals surface area contributed by atoms with Gasteiger partial charge in [-0.15, -0.1) is 11.3 Å². The first kappa shape index (κ1) is 22.8. The average Bonchev–Trinajstić information content (AvgIpc) is 3.25. The van der Waals surface area contributed by atoms with Crippen LogP contribution in [0, 0.1) is 12.8 Å². The molecule has 1 aliphatic rings. The van der Waals surface area contributed by atoms with Gasteiger partial charge in [0.1, 0.15) is 22.2 Å². The van der Waals surface area contributed by atoms with Crippen molar-refractivity contribution >= 4 is 34.9 Å². The van der Waals surface area contributed by atoms with E-state index in [0.717, 1.165) is 10.4 Å². The summed E-state index contributed by atoms with van der Waals surface area (Å²) in [4.78, 5) is 36.3. The van der Waals surface area contributed by atoms with Crippen molar-refractivity contribution in [2.24, 2.45) is 5.92 Å². The minimum absolute atomic E-state index is 0.0938. The lowest BCUT2D eigenvalue weighted by Gasteiger charge is -2.32. The maximum Gasteiger partial charge on any atom is 0.307 e. The summed E-state index contributed by atoms with van der Waals surface area (Å²) in [6.45, 7) is 1.94. The number of carboxylic acid groups (broad SMARTS) is 2. The Balaban J connectivity index is 1.54. The van der Waals surface area contributed by atoms with E-state index in [2.05, 4.69) is 20.3 Å². The lowest BCUT2D eigenvalue weighted by molar-refractivity contribution is -0.145. The number of aliphatic carboxylic acids is 2. The van der Waals surface area contributed by atoms with Gasteiger partial charge >= 0.3 is 11.9 Å². The molecule has 3 aromatic rings. The molecule has 1 fully saturated rings. The number of pyridine rings is 2. The van der Waals surface area contributed by atoms with Gasteiger partial charge in [0.2, 0.25) is 0 Å². The highest BCUT2D eigenvalue weighted by Gasteiger charge is 2.39. The van der Waals surface area contributed by atoms with Crippen LogP contribution in [-0.4, -0.2) is 42.2 Å². The summed E-state index contributed by atoms with van der Waals surface area (Å²) in [5.74, 6) is -1.10. The van der Waals surface area contributed by atoms with Crippen LogP contribution < -0.4 is 5.32 Å². The molecule has 0 aromatic carbocycles. The number of hydrogen-bond acceptors (Lipinski definition) is 8. The Morgan fingerprint density at radius 2 is 1.91 bits per heavy atom. The van der Waals surface area contributed by atoms with E-state index < -0.39 is 23.5 Å². The molecule has 33 heavy (non-hydrogen) atoms. The van der Waals surface area contributed by atoms with Gasteiger partial charge in [0, 0.05) is 12.4 Å². The molecule has 3 heterocycles. The smallest absolute Gasteiger partial charge is 0.307 e. The molecule has 1 aliphatic carbocycles. The fourth-order valence-corrected chi connectivity index (χ4v) is 5.00. The molecule has 0 spiro atoms. The number of carboxylic acids is 2. The lowest BCUT2D eigenvalue weighted by atomic mass is 9.79. The van der Waals surface area contributed by atoms with Crippen LogP contribution in [0.5, 0.6) is 0 Å². The molecule has 0 amide bonds. The highest BCUT2D eigenvalue weighted by atomic mass is 32.1. The maximum atomic E-state index is 11.2. The summed E-state index contributed by atoms with van der Waals surface area (Å²) in [6, 6.07) is 7.10. The van der Waals surface area contributed by atoms with E-state index in [0.29, 0.717) is 53.6 Å². The zero-order valence-corrected chi connectivity index (χ0v) is 18.8. The Kier molecular flexibility index (Phi) is 6.39. The topological polar surface area (TPSA) is 146 Å². The van der Waals surface area contributed by atoms with Crippen molar-refractivity contribution in [2.45, 2.75) is 44.6 Å². The van der Waals surface area contributed by atoms with Crippen LogP contribution in [0.3, 0.4) is 0 Å². The van der Waals surface area contributed by atoms with E-state index in [1.807, 2.05) is 19.1 Å². The van der Waals surface area contributed by atoms with Crippen LogP contribution >= 0.6 is 11.3 Å². The molecule has 10 heteroatoms. The minimum Gasteiger partial charge on any atom is -0.481 e. The summed E-state index contributed by atoms with van der Waals surface area (Å²) in [7, 11) is 0. The third kappa shape index (κ3) is 5.35. The molecule has 9 nitrogen and oxygen atoms in total. The van der Waals surface area contributed by atoms with Gasteiger partial charge in [0.05, 0.1) is 22.9 Å². The van der Waals surface area contributed by atoms with Gasteiger partial charge in [-0.3, -0.25) is 9.59 Å². The molecule has 0 atom stereocenters. The highest BCUT2D eigenvalue weighted by molar-refractivity contribution is 7.15. The zero-order valence-electron chi connectivity index (χ0n) is 18.0. The van der Waals surface area contributed by atoms with E-state index in [1.165, 1.54) is 11.3 Å². The van der Waals surface area contributed by atoms with E-state index >= 15 is 0 Å². The van der Waals surface area contributed by atoms with Crippen LogP contribution in [0.4, 0.5) is 11.6 Å². The number of nitrogens with zero attached hydrogens (tertiary/aromatic N) is 3. The molecule has 0 saturated heterocycles. The van der Waals surface area contributed by atoms with Crippen LogP contribution in [0.2, 0.25) is 0 Å². The second-order valence-corrected chi connectivity index (χ2v) is 9.36. The first-order valence-corrected chi connectivity index (χ1v) is 11.4. The summed E-state index contributed by atoms with van der Waals surface area (Å²) in [5.41, 5.74) is 1.16. The zero-order chi connectivity index (χ0) is 23.6. The van der Waals surface area contributed by atoms with Gasteiger partial charge in [-0.1, -0.05) is 0 Å². The lowest BCUT2D eigenvalue weighted by Crippen LogP contribution is -2.33. The van der Waals surface area contributed by atoms with Gasteiger partial charge in [-0.2, -0.15) is 0 Å². The number of carbonyl (C=O) groups is 2. The quantitative estimate of drug-likeness (QED) is 0.407. The average molecular weight is 469 g/mol. The van der Waals surface area contributed by atoms with Crippen LogP contribution in [0.25, 0.3) is 10.6 Å². The molecule has 0 unspecified atom stereocenters. The fourth-order valence-electron chi connectivity index (χ4n) is 3.98. The molecular weight excluding hydrogens is 444 g/mol. The molecule has 4 N–H and O–H groups in total.